The van der Waals surface area contributed by atoms with E-state index in [2.05, 4.69) is 43.4 Å². The molecule has 130 valence electrons. The van der Waals surface area contributed by atoms with Gasteiger partial charge < -0.3 is 5.11 Å². The van der Waals surface area contributed by atoms with Crippen LogP contribution in [-0.4, -0.2) is 22.0 Å². The lowest BCUT2D eigenvalue weighted by Gasteiger charge is -2.04. The van der Waals surface area contributed by atoms with Crippen LogP contribution in [0.2, 0.25) is 0 Å². The van der Waals surface area contributed by atoms with Crippen molar-refractivity contribution in [1.82, 2.24) is 0 Å². The quantitative estimate of drug-likeness (QED) is 0.213. The molecule has 0 aromatic heterocycles. The molecule has 0 saturated carbocycles. The largest absolute Gasteiger partial charge is 0.476 e. The van der Waals surface area contributed by atoms with E-state index in [1.54, 1.807) is 0 Å². The summed E-state index contributed by atoms with van der Waals surface area (Å²) >= 11 is 0. The van der Waals surface area contributed by atoms with Crippen LogP contribution < -0.4 is 0 Å². The number of nitrogens with zero attached hydrogens (tertiary/aromatic N) is 1. The minimum atomic E-state index is -1.45. The van der Waals surface area contributed by atoms with E-state index >= 15 is 0 Å². The van der Waals surface area contributed by atoms with E-state index in [0.29, 0.717) is 6.42 Å². The molecule has 1 N–H and O–H groups in total. The average molecular weight is 323 g/mol. The molecule has 23 heavy (non-hydrogen) atoms. The third-order valence-electron chi connectivity index (χ3n) is 3.42. The number of rotatable bonds is 14. The molecule has 5 nitrogen and oxygen atoms in total. The topological polar surface area (TPSA) is 80.4 Å². The van der Waals surface area contributed by atoms with Gasteiger partial charge in [0.15, 0.2) is 0 Å². The second-order valence-corrected chi connectivity index (χ2v) is 5.42. The molecule has 0 aliphatic rings. The van der Waals surface area contributed by atoms with Gasteiger partial charge in [0.05, 0.1) is 0 Å². The van der Waals surface area contributed by atoms with Crippen LogP contribution in [0.4, 0.5) is 0 Å². The summed E-state index contributed by atoms with van der Waals surface area (Å²) in [5.41, 5.74) is 0. The van der Waals surface area contributed by atoms with Gasteiger partial charge in [-0.1, -0.05) is 56.2 Å². The Hall–Kier alpha value is -1.91. The Morgan fingerprint density at radius 1 is 1.00 bits per heavy atom. The molecular weight excluding hydrogens is 294 g/mol. The number of allylic oxidation sites excluding steroid dienone is 6. The summed E-state index contributed by atoms with van der Waals surface area (Å²) in [6.07, 6.45) is 20.5. The predicted octanol–water partition coefficient (Wildman–Crippen LogP) is 4.92. The number of aliphatic carboxylic acids is 1. The first-order valence-electron chi connectivity index (χ1n) is 8.40. The summed E-state index contributed by atoms with van der Waals surface area (Å²) < 4.78 is 0. The van der Waals surface area contributed by atoms with Crippen LogP contribution in [0, 0.1) is 10.1 Å². The van der Waals surface area contributed by atoms with Crippen LogP contribution in [0.25, 0.3) is 0 Å². The Morgan fingerprint density at radius 3 is 2.13 bits per heavy atom. The number of hydrogen-bond acceptors (Lipinski definition) is 3. The first kappa shape index (κ1) is 21.1. The van der Waals surface area contributed by atoms with Gasteiger partial charge in [0.25, 0.3) is 0 Å². The molecule has 0 amide bonds. The van der Waals surface area contributed by atoms with Crippen LogP contribution in [0.1, 0.15) is 64.7 Å². The van der Waals surface area contributed by atoms with Crippen molar-refractivity contribution >= 4 is 5.97 Å². The summed E-state index contributed by atoms with van der Waals surface area (Å²) in [4.78, 5) is 20.4. The van der Waals surface area contributed by atoms with Crippen molar-refractivity contribution in [3.8, 4) is 0 Å². The highest BCUT2D eigenvalue weighted by atomic mass is 16.6. The number of unbranched alkanes of at least 4 members (excludes halogenated alkanes) is 4. The number of carboxylic acids is 1. The predicted molar refractivity (Wildman–Crippen MR) is 93.1 cm³/mol. The normalized spacial score (nSPS) is 13.3. The van der Waals surface area contributed by atoms with E-state index in [1.807, 2.05) is 0 Å². The number of nitro groups is 1. The zero-order valence-electron chi connectivity index (χ0n) is 14.0. The smallest absolute Gasteiger partial charge is 0.379 e. The number of carbonyl (C=O) groups is 1. The van der Waals surface area contributed by atoms with Crippen molar-refractivity contribution in [2.45, 2.75) is 70.8 Å². The fraction of sp³-hybridized carbons (Fsp3) is 0.611. The number of hydrogen-bond donors (Lipinski definition) is 1. The zero-order chi connectivity index (χ0) is 17.3. The third kappa shape index (κ3) is 13.5. The minimum absolute atomic E-state index is 0.120. The van der Waals surface area contributed by atoms with Crippen molar-refractivity contribution in [2.75, 3.05) is 0 Å². The monoisotopic (exact) mass is 323 g/mol. The fourth-order valence-corrected chi connectivity index (χ4v) is 2.10. The second-order valence-electron chi connectivity index (χ2n) is 5.42. The van der Waals surface area contributed by atoms with Crippen LogP contribution in [0.5, 0.6) is 0 Å². The number of carboxylic acid groups (broad SMARTS) is 1. The Balaban J connectivity index is 3.52. The molecule has 0 heterocycles. The van der Waals surface area contributed by atoms with Crippen LogP contribution in [0.15, 0.2) is 36.5 Å². The van der Waals surface area contributed by atoms with E-state index < -0.39 is 16.9 Å². The molecule has 5 heteroatoms. The molecule has 1 unspecified atom stereocenters. The van der Waals surface area contributed by atoms with Crippen LogP contribution in [-0.2, 0) is 4.79 Å². The third-order valence-corrected chi connectivity index (χ3v) is 3.42. The first-order chi connectivity index (χ1) is 11.1. The molecule has 0 aromatic carbocycles. The first-order valence-corrected chi connectivity index (χ1v) is 8.40. The van der Waals surface area contributed by atoms with Gasteiger partial charge >= 0.3 is 12.0 Å². The Labute approximate surface area is 138 Å². The molecule has 0 saturated heterocycles. The van der Waals surface area contributed by atoms with Gasteiger partial charge in [0.2, 0.25) is 0 Å². The highest BCUT2D eigenvalue weighted by molar-refractivity contribution is 5.71. The molecule has 0 aromatic rings. The van der Waals surface area contributed by atoms with Gasteiger partial charge in [-0.15, -0.1) is 0 Å². The van der Waals surface area contributed by atoms with Crippen molar-refractivity contribution < 1.29 is 14.8 Å². The van der Waals surface area contributed by atoms with Gasteiger partial charge in [-0.2, -0.15) is 0 Å². The lowest BCUT2D eigenvalue weighted by atomic mass is 10.1. The standard InChI is InChI=1S/C18H29NO4/c1-2-3-4-5-6-7-8-9-10-11-12-13-14-15-16-17(18(20)21)19(22)23/h3-4,6-7,9-10,17H,2,5,8,11-16H2,1H3,(H,20,21). The molecule has 0 aliphatic heterocycles. The van der Waals surface area contributed by atoms with Crippen LogP contribution in [0.3, 0.4) is 0 Å². The minimum Gasteiger partial charge on any atom is -0.476 e. The van der Waals surface area contributed by atoms with Gasteiger partial charge in [-0.05, 0) is 38.5 Å². The fourth-order valence-electron chi connectivity index (χ4n) is 2.10. The van der Waals surface area contributed by atoms with Crippen molar-refractivity contribution in [3.63, 3.8) is 0 Å². The lowest BCUT2D eigenvalue weighted by molar-refractivity contribution is -0.511. The van der Waals surface area contributed by atoms with E-state index in [4.69, 9.17) is 5.11 Å². The molecule has 0 radical (unpaired) electrons. The summed E-state index contributed by atoms with van der Waals surface area (Å²) in [6, 6.07) is -1.45. The van der Waals surface area contributed by atoms with Crippen LogP contribution >= 0.6 is 0 Å². The second kappa shape index (κ2) is 15.0. The summed E-state index contributed by atoms with van der Waals surface area (Å²) in [6.45, 7) is 2.12. The Morgan fingerprint density at radius 2 is 1.57 bits per heavy atom. The highest BCUT2D eigenvalue weighted by Crippen LogP contribution is 2.10. The lowest BCUT2D eigenvalue weighted by Crippen LogP contribution is -2.28. The van der Waals surface area contributed by atoms with E-state index in [0.717, 1.165) is 44.9 Å². The van der Waals surface area contributed by atoms with Gasteiger partial charge in [-0.25, -0.2) is 4.79 Å². The van der Waals surface area contributed by atoms with Gasteiger partial charge in [0, 0.05) is 11.3 Å². The van der Waals surface area contributed by atoms with Gasteiger partial charge in [-0.3, -0.25) is 10.1 Å². The van der Waals surface area contributed by atoms with E-state index in [1.165, 1.54) is 0 Å². The molecule has 0 bridgehead atoms. The van der Waals surface area contributed by atoms with Crippen molar-refractivity contribution in [3.05, 3.63) is 46.6 Å². The molecule has 0 aliphatic carbocycles. The maximum Gasteiger partial charge on any atom is 0.379 e. The molecular formula is C18H29NO4. The molecule has 0 rings (SSSR count). The average Bonchev–Trinajstić information content (AvgIpc) is 2.50. The highest BCUT2D eigenvalue weighted by Gasteiger charge is 2.27. The Bertz CT molecular complexity index is 399. The zero-order valence-corrected chi connectivity index (χ0v) is 14.0. The SMILES string of the molecule is CCC=CCC=CCC=CCCCCCCC(C(=O)O)[N+](=O)[O-]. The van der Waals surface area contributed by atoms with Gasteiger partial charge in [0.1, 0.15) is 0 Å². The molecule has 0 fully saturated rings. The molecule has 1 atom stereocenters. The summed E-state index contributed by atoms with van der Waals surface area (Å²) in [5, 5.41) is 19.2. The summed E-state index contributed by atoms with van der Waals surface area (Å²) in [7, 11) is 0. The van der Waals surface area contributed by atoms with E-state index in [9.17, 15) is 14.9 Å². The van der Waals surface area contributed by atoms with E-state index in [-0.39, 0.29) is 6.42 Å². The maximum atomic E-state index is 10.6. The summed E-state index contributed by atoms with van der Waals surface area (Å²) in [5.74, 6) is -1.34. The molecule has 0 spiro atoms. The van der Waals surface area contributed by atoms with Crippen molar-refractivity contribution in [1.29, 1.82) is 0 Å². The van der Waals surface area contributed by atoms with Crippen molar-refractivity contribution in [2.24, 2.45) is 0 Å². The maximum absolute atomic E-state index is 10.6. The Kier molecular flexibility index (Phi) is 13.8.